The molecule has 3 N–H and O–H groups in total. The second kappa shape index (κ2) is 4.00. The third kappa shape index (κ3) is 5.58. The third-order valence-electron chi connectivity index (χ3n) is 1.25. The van der Waals surface area contributed by atoms with Gasteiger partial charge in [0.2, 0.25) is 0 Å². The maximum Gasteiger partial charge on any atom is 0.430 e. The molecule has 6 heteroatoms. The van der Waals surface area contributed by atoms with Crippen molar-refractivity contribution >= 4 is 5.78 Å². The first kappa shape index (κ1) is 13.0. The summed E-state index contributed by atoms with van der Waals surface area (Å²) < 4.78 is 35.5. The molecule has 14 heavy (non-hydrogen) atoms. The molecule has 0 aliphatic heterocycles. The number of allylic oxidation sites excluding steroid dienone is 2. The van der Waals surface area contributed by atoms with Crippen LogP contribution in [0.4, 0.5) is 13.2 Å². The molecule has 0 fully saturated rings. The molecule has 0 heterocycles. The quantitative estimate of drug-likeness (QED) is 0.687. The predicted molar refractivity (Wildman–Crippen MR) is 44.2 cm³/mol. The molecule has 0 unspecified atom stereocenters. The Morgan fingerprint density at radius 2 is 1.86 bits per heavy atom. The number of rotatable bonds is 3. The molecule has 0 aliphatic carbocycles. The van der Waals surface area contributed by atoms with Gasteiger partial charge in [0, 0.05) is 12.5 Å². The second-order valence-corrected chi connectivity index (χ2v) is 3.55. The van der Waals surface area contributed by atoms with Crippen molar-refractivity contribution in [3.05, 3.63) is 11.8 Å². The first-order valence-corrected chi connectivity index (χ1v) is 3.82. The van der Waals surface area contributed by atoms with Gasteiger partial charge in [-0.25, -0.2) is 0 Å². The number of hydrogen-bond donors (Lipinski definition) is 2. The fourth-order valence-corrected chi connectivity index (χ4v) is 0.733. The Kier molecular flexibility index (Phi) is 3.70. The van der Waals surface area contributed by atoms with E-state index >= 15 is 0 Å². The normalized spacial score (nSPS) is 14.3. The van der Waals surface area contributed by atoms with Crippen molar-refractivity contribution in [2.45, 2.75) is 32.0 Å². The zero-order chi connectivity index (χ0) is 11.6. The van der Waals surface area contributed by atoms with E-state index in [0.717, 1.165) is 0 Å². The SMILES string of the molecule is CC(C)(O)CC(=O)/C=C(\N)C(F)(F)F. The lowest BCUT2D eigenvalue weighted by Gasteiger charge is -2.14. The summed E-state index contributed by atoms with van der Waals surface area (Å²) in [7, 11) is 0. The molecule has 0 aliphatic rings. The van der Waals surface area contributed by atoms with Gasteiger partial charge in [-0.1, -0.05) is 0 Å². The molecule has 0 atom stereocenters. The maximum atomic E-state index is 11.8. The number of aliphatic hydroxyl groups is 1. The van der Waals surface area contributed by atoms with Crippen LogP contribution in [0.15, 0.2) is 11.8 Å². The fraction of sp³-hybridized carbons (Fsp3) is 0.625. The Morgan fingerprint density at radius 3 is 2.14 bits per heavy atom. The highest BCUT2D eigenvalue weighted by molar-refractivity contribution is 5.91. The van der Waals surface area contributed by atoms with E-state index in [4.69, 9.17) is 5.11 Å². The Labute approximate surface area is 79.4 Å². The Bertz CT molecular complexity index is 250. The summed E-state index contributed by atoms with van der Waals surface area (Å²) in [5, 5.41) is 9.13. The molecular weight excluding hydrogens is 199 g/mol. The van der Waals surface area contributed by atoms with Crippen LogP contribution in [0.3, 0.4) is 0 Å². The van der Waals surface area contributed by atoms with Gasteiger partial charge in [-0.15, -0.1) is 0 Å². The summed E-state index contributed by atoms with van der Waals surface area (Å²) in [5.41, 5.74) is 1.82. The van der Waals surface area contributed by atoms with Crippen LogP contribution >= 0.6 is 0 Å². The molecule has 0 aromatic carbocycles. The third-order valence-corrected chi connectivity index (χ3v) is 1.25. The number of halogens is 3. The van der Waals surface area contributed by atoms with Gasteiger partial charge < -0.3 is 10.8 Å². The second-order valence-electron chi connectivity index (χ2n) is 3.55. The molecular formula is C8H12F3NO2. The van der Waals surface area contributed by atoms with Crippen LogP contribution in [0.25, 0.3) is 0 Å². The van der Waals surface area contributed by atoms with Crippen molar-refractivity contribution in [1.29, 1.82) is 0 Å². The minimum atomic E-state index is -4.70. The highest BCUT2D eigenvalue weighted by Gasteiger charge is 2.32. The number of carbonyl (C=O) groups is 1. The molecule has 0 spiro atoms. The summed E-state index contributed by atoms with van der Waals surface area (Å²) >= 11 is 0. The largest absolute Gasteiger partial charge is 0.430 e. The van der Waals surface area contributed by atoms with Crippen molar-refractivity contribution in [1.82, 2.24) is 0 Å². The topological polar surface area (TPSA) is 63.3 Å². The van der Waals surface area contributed by atoms with Gasteiger partial charge in [-0.2, -0.15) is 13.2 Å². The lowest BCUT2D eigenvalue weighted by molar-refractivity contribution is -0.119. The van der Waals surface area contributed by atoms with Crippen molar-refractivity contribution in [2.24, 2.45) is 5.73 Å². The first-order chi connectivity index (χ1) is 6.02. The zero-order valence-corrected chi connectivity index (χ0v) is 7.85. The number of nitrogens with two attached hydrogens (primary N) is 1. The monoisotopic (exact) mass is 211 g/mol. The zero-order valence-electron chi connectivity index (χ0n) is 7.85. The van der Waals surface area contributed by atoms with E-state index in [0.29, 0.717) is 0 Å². The summed E-state index contributed by atoms with van der Waals surface area (Å²) in [6.45, 7) is 2.64. The van der Waals surface area contributed by atoms with E-state index in [1.54, 1.807) is 0 Å². The van der Waals surface area contributed by atoms with E-state index < -0.39 is 29.7 Å². The summed E-state index contributed by atoms with van der Waals surface area (Å²) in [4.78, 5) is 10.9. The smallest absolute Gasteiger partial charge is 0.395 e. The van der Waals surface area contributed by atoms with Gasteiger partial charge in [0.05, 0.1) is 5.60 Å². The van der Waals surface area contributed by atoms with Crippen molar-refractivity contribution in [3.63, 3.8) is 0 Å². The molecule has 3 nitrogen and oxygen atoms in total. The highest BCUT2D eigenvalue weighted by atomic mass is 19.4. The molecule has 0 aromatic heterocycles. The van der Waals surface area contributed by atoms with Gasteiger partial charge in [-0.3, -0.25) is 4.79 Å². The average Bonchev–Trinajstić information content (AvgIpc) is 1.79. The number of alkyl halides is 3. The van der Waals surface area contributed by atoms with E-state index in [1.165, 1.54) is 13.8 Å². The lowest BCUT2D eigenvalue weighted by Crippen LogP contribution is -2.25. The van der Waals surface area contributed by atoms with Crippen molar-refractivity contribution in [2.75, 3.05) is 0 Å². The van der Waals surface area contributed by atoms with Gasteiger partial charge in [0.15, 0.2) is 5.78 Å². The summed E-state index contributed by atoms with van der Waals surface area (Å²) in [5.74, 6) is -0.854. The van der Waals surface area contributed by atoms with E-state index in [2.05, 4.69) is 5.73 Å². The van der Waals surface area contributed by atoms with Gasteiger partial charge in [0.1, 0.15) is 5.70 Å². The Balaban J connectivity index is 4.46. The van der Waals surface area contributed by atoms with Crippen molar-refractivity contribution < 1.29 is 23.1 Å². The summed E-state index contributed by atoms with van der Waals surface area (Å²) in [6.07, 6.45) is -4.81. The van der Waals surface area contributed by atoms with Crippen LogP contribution in [0.2, 0.25) is 0 Å². The van der Waals surface area contributed by atoms with E-state index in [9.17, 15) is 18.0 Å². The minimum absolute atomic E-state index is 0.290. The lowest BCUT2D eigenvalue weighted by atomic mass is 10.0. The van der Waals surface area contributed by atoms with Crippen LogP contribution < -0.4 is 5.73 Å². The molecule has 0 rings (SSSR count). The number of hydrogen-bond acceptors (Lipinski definition) is 3. The number of carbonyl (C=O) groups excluding carboxylic acids is 1. The molecule has 82 valence electrons. The molecule has 0 saturated heterocycles. The molecule has 0 amide bonds. The Hall–Kier alpha value is -1.04. The van der Waals surface area contributed by atoms with Crippen molar-refractivity contribution in [3.8, 4) is 0 Å². The average molecular weight is 211 g/mol. The van der Waals surface area contributed by atoms with E-state index in [-0.39, 0.29) is 6.08 Å². The van der Waals surface area contributed by atoms with Gasteiger partial charge in [-0.05, 0) is 13.8 Å². The summed E-state index contributed by atoms with van der Waals surface area (Å²) in [6, 6.07) is 0. The van der Waals surface area contributed by atoms with Crippen LogP contribution in [-0.4, -0.2) is 22.7 Å². The molecule has 0 aromatic rings. The number of ketones is 1. The molecule has 0 saturated carbocycles. The maximum absolute atomic E-state index is 11.8. The fourth-order valence-electron chi connectivity index (χ4n) is 0.733. The highest BCUT2D eigenvalue weighted by Crippen LogP contribution is 2.21. The van der Waals surface area contributed by atoms with E-state index in [1.807, 2.05) is 0 Å². The minimum Gasteiger partial charge on any atom is -0.395 e. The van der Waals surface area contributed by atoms with Gasteiger partial charge >= 0.3 is 6.18 Å². The van der Waals surface area contributed by atoms with Crippen LogP contribution in [-0.2, 0) is 4.79 Å². The van der Waals surface area contributed by atoms with Crippen LogP contribution in [0.1, 0.15) is 20.3 Å². The molecule has 0 bridgehead atoms. The first-order valence-electron chi connectivity index (χ1n) is 3.82. The van der Waals surface area contributed by atoms with Crippen LogP contribution in [0.5, 0.6) is 0 Å². The predicted octanol–water partition coefficient (Wildman–Crippen LogP) is 1.12. The van der Waals surface area contributed by atoms with Gasteiger partial charge in [0.25, 0.3) is 0 Å². The molecule has 0 radical (unpaired) electrons. The standard InChI is InChI=1S/C8H12F3NO2/c1-7(2,14)4-5(13)3-6(12)8(9,10)11/h3,14H,4,12H2,1-2H3/b6-3-. The Morgan fingerprint density at radius 1 is 1.43 bits per heavy atom. The van der Waals surface area contributed by atoms with Crippen LogP contribution in [0, 0.1) is 0 Å².